The van der Waals surface area contributed by atoms with Crippen molar-refractivity contribution in [3.63, 3.8) is 0 Å². The molecule has 0 amide bonds. The SMILES string of the molecule is CCCCCCC=CC(CC(=O)O)(OCC(O)CO)C(=O)O. The van der Waals surface area contributed by atoms with E-state index in [1.54, 1.807) is 6.08 Å². The maximum atomic E-state index is 11.4. The third-order valence-electron chi connectivity index (χ3n) is 3.13. The molecule has 0 aromatic carbocycles. The van der Waals surface area contributed by atoms with Gasteiger partial charge in [-0.3, -0.25) is 4.79 Å². The van der Waals surface area contributed by atoms with Crippen LogP contribution in [0.5, 0.6) is 0 Å². The van der Waals surface area contributed by atoms with Gasteiger partial charge in [-0.05, 0) is 18.9 Å². The molecule has 0 aliphatic carbocycles. The van der Waals surface area contributed by atoms with Crippen LogP contribution < -0.4 is 0 Å². The minimum Gasteiger partial charge on any atom is -0.481 e. The highest BCUT2D eigenvalue weighted by Crippen LogP contribution is 2.21. The summed E-state index contributed by atoms with van der Waals surface area (Å²) >= 11 is 0. The molecule has 0 bridgehead atoms. The Bertz CT molecular complexity index is 367. The number of carboxylic acids is 2. The molecule has 0 aliphatic heterocycles. The van der Waals surface area contributed by atoms with Gasteiger partial charge in [0.1, 0.15) is 6.10 Å². The van der Waals surface area contributed by atoms with Crippen LogP contribution in [-0.4, -0.2) is 57.3 Å². The molecule has 128 valence electrons. The summed E-state index contributed by atoms with van der Waals surface area (Å²) in [5.74, 6) is -2.76. The van der Waals surface area contributed by atoms with Crippen LogP contribution >= 0.6 is 0 Å². The molecule has 0 saturated heterocycles. The van der Waals surface area contributed by atoms with E-state index in [4.69, 9.17) is 14.9 Å². The highest BCUT2D eigenvalue weighted by molar-refractivity contribution is 5.86. The Labute approximate surface area is 130 Å². The van der Waals surface area contributed by atoms with Crippen LogP contribution in [0.15, 0.2) is 12.2 Å². The van der Waals surface area contributed by atoms with Crippen molar-refractivity contribution >= 4 is 11.9 Å². The first kappa shape index (κ1) is 20.6. The molecule has 0 aliphatic rings. The second-order valence-corrected chi connectivity index (χ2v) is 5.16. The van der Waals surface area contributed by atoms with Crippen molar-refractivity contribution in [3.8, 4) is 0 Å². The summed E-state index contributed by atoms with van der Waals surface area (Å²) < 4.78 is 5.11. The molecule has 7 heteroatoms. The van der Waals surface area contributed by atoms with Crippen LogP contribution in [0.3, 0.4) is 0 Å². The topological polar surface area (TPSA) is 124 Å². The lowest BCUT2D eigenvalue weighted by Crippen LogP contribution is -2.44. The van der Waals surface area contributed by atoms with Gasteiger partial charge < -0.3 is 25.2 Å². The first-order chi connectivity index (χ1) is 10.4. The van der Waals surface area contributed by atoms with Crippen molar-refractivity contribution in [2.75, 3.05) is 13.2 Å². The molecule has 0 aromatic rings. The molecule has 4 N–H and O–H groups in total. The van der Waals surface area contributed by atoms with Crippen LogP contribution in [0.4, 0.5) is 0 Å². The zero-order valence-electron chi connectivity index (χ0n) is 12.9. The van der Waals surface area contributed by atoms with Crippen LogP contribution in [0.2, 0.25) is 0 Å². The summed E-state index contributed by atoms with van der Waals surface area (Å²) in [4.78, 5) is 22.4. The van der Waals surface area contributed by atoms with Gasteiger partial charge in [0.2, 0.25) is 0 Å². The van der Waals surface area contributed by atoms with Crippen LogP contribution in [-0.2, 0) is 14.3 Å². The lowest BCUT2D eigenvalue weighted by atomic mass is 9.97. The lowest BCUT2D eigenvalue weighted by Gasteiger charge is -2.26. The maximum absolute atomic E-state index is 11.4. The zero-order chi connectivity index (χ0) is 17.0. The number of aliphatic hydroxyl groups excluding tert-OH is 2. The van der Waals surface area contributed by atoms with Crippen molar-refractivity contribution in [3.05, 3.63) is 12.2 Å². The van der Waals surface area contributed by atoms with E-state index in [0.29, 0.717) is 6.42 Å². The number of hydrogen-bond donors (Lipinski definition) is 4. The fraction of sp³-hybridized carbons (Fsp3) is 0.733. The molecule has 0 spiro atoms. The lowest BCUT2D eigenvalue weighted by molar-refractivity contribution is -0.169. The Hall–Kier alpha value is -1.44. The Morgan fingerprint density at radius 2 is 1.91 bits per heavy atom. The molecule has 2 atom stereocenters. The molecule has 22 heavy (non-hydrogen) atoms. The van der Waals surface area contributed by atoms with Crippen molar-refractivity contribution in [2.45, 2.75) is 57.2 Å². The van der Waals surface area contributed by atoms with Gasteiger partial charge in [0.25, 0.3) is 0 Å². The monoisotopic (exact) mass is 318 g/mol. The van der Waals surface area contributed by atoms with Crippen LogP contribution in [0.25, 0.3) is 0 Å². The molecular weight excluding hydrogens is 292 g/mol. The minimum atomic E-state index is -2.03. The first-order valence-corrected chi connectivity index (χ1v) is 7.43. The largest absolute Gasteiger partial charge is 0.481 e. The molecule has 0 heterocycles. The van der Waals surface area contributed by atoms with Crippen molar-refractivity contribution in [1.29, 1.82) is 0 Å². The van der Waals surface area contributed by atoms with E-state index in [-0.39, 0.29) is 0 Å². The van der Waals surface area contributed by atoms with E-state index >= 15 is 0 Å². The summed E-state index contributed by atoms with van der Waals surface area (Å²) in [6.45, 7) is 1.03. The number of aliphatic hydroxyl groups is 2. The van der Waals surface area contributed by atoms with Gasteiger partial charge in [-0.25, -0.2) is 4.79 Å². The Morgan fingerprint density at radius 1 is 1.23 bits per heavy atom. The number of unbranched alkanes of at least 4 members (excludes halogenated alkanes) is 4. The summed E-state index contributed by atoms with van der Waals surface area (Å²) in [6.07, 6.45) is 5.50. The highest BCUT2D eigenvalue weighted by Gasteiger charge is 2.40. The Kier molecular flexibility index (Phi) is 10.4. The van der Waals surface area contributed by atoms with E-state index < -0.39 is 43.3 Å². The van der Waals surface area contributed by atoms with Gasteiger partial charge in [0, 0.05) is 0 Å². The molecule has 0 aromatic heterocycles. The number of carbonyl (C=O) groups is 2. The maximum Gasteiger partial charge on any atom is 0.340 e. The molecule has 7 nitrogen and oxygen atoms in total. The van der Waals surface area contributed by atoms with Crippen molar-refractivity contribution in [2.24, 2.45) is 0 Å². The van der Waals surface area contributed by atoms with Crippen molar-refractivity contribution < 1.29 is 34.8 Å². The summed E-state index contributed by atoms with van der Waals surface area (Å²) in [7, 11) is 0. The van der Waals surface area contributed by atoms with Crippen LogP contribution in [0, 0.1) is 0 Å². The van der Waals surface area contributed by atoms with E-state index in [1.807, 2.05) is 0 Å². The summed E-state index contributed by atoms with van der Waals surface area (Å²) in [5.41, 5.74) is -2.03. The van der Waals surface area contributed by atoms with E-state index in [9.17, 15) is 19.8 Å². The number of rotatable bonds is 13. The summed E-state index contributed by atoms with van der Waals surface area (Å²) in [6, 6.07) is 0. The normalized spacial score (nSPS) is 15.6. The number of aliphatic carboxylic acids is 2. The molecule has 0 saturated carbocycles. The van der Waals surface area contributed by atoms with E-state index in [2.05, 4.69) is 6.92 Å². The first-order valence-electron chi connectivity index (χ1n) is 7.43. The third kappa shape index (κ3) is 8.11. The number of hydrogen-bond acceptors (Lipinski definition) is 5. The standard InChI is InChI=1S/C15H26O7/c1-2-3-4-5-6-7-8-15(14(20)21,9-13(18)19)22-11-12(17)10-16/h7-8,12,16-17H,2-6,9-11H2,1H3,(H,18,19)(H,20,21). The van der Waals surface area contributed by atoms with Gasteiger partial charge in [0.15, 0.2) is 5.60 Å². The van der Waals surface area contributed by atoms with Gasteiger partial charge in [-0.1, -0.05) is 32.3 Å². The fourth-order valence-electron chi connectivity index (χ4n) is 1.85. The van der Waals surface area contributed by atoms with Gasteiger partial charge in [-0.15, -0.1) is 0 Å². The number of allylic oxidation sites excluding steroid dienone is 1. The highest BCUT2D eigenvalue weighted by atomic mass is 16.5. The van der Waals surface area contributed by atoms with E-state index in [1.165, 1.54) is 6.08 Å². The zero-order valence-corrected chi connectivity index (χ0v) is 12.9. The minimum absolute atomic E-state index is 0.462. The summed E-state index contributed by atoms with van der Waals surface area (Å²) in [5, 5.41) is 36.2. The second kappa shape index (κ2) is 11.2. The molecular formula is C15H26O7. The second-order valence-electron chi connectivity index (χ2n) is 5.16. The van der Waals surface area contributed by atoms with E-state index in [0.717, 1.165) is 25.7 Å². The quantitative estimate of drug-likeness (QED) is 0.297. The Morgan fingerprint density at radius 3 is 2.41 bits per heavy atom. The molecule has 0 rings (SSSR count). The van der Waals surface area contributed by atoms with Crippen LogP contribution in [0.1, 0.15) is 45.4 Å². The third-order valence-corrected chi connectivity index (χ3v) is 3.13. The average molecular weight is 318 g/mol. The van der Waals surface area contributed by atoms with Crippen molar-refractivity contribution in [1.82, 2.24) is 0 Å². The number of ether oxygens (including phenoxy) is 1. The predicted molar refractivity (Wildman–Crippen MR) is 79.6 cm³/mol. The molecule has 0 fully saturated rings. The smallest absolute Gasteiger partial charge is 0.340 e. The number of carboxylic acid groups (broad SMARTS) is 2. The predicted octanol–water partition coefficient (Wildman–Crippen LogP) is 1.18. The Balaban J connectivity index is 4.83. The fourth-order valence-corrected chi connectivity index (χ4v) is 1.85. The average Bonchev–Trinajstić information content (AvgIpc) is 2.46. The van der Waals surface area contributed by atoms with Gasteiger partial charge in [-0.2, -0.15) is 0 Å². The molecule has 0 radical (unpaired) electrons. The molecule has 2 unspecified atom stereocenters. The van der Waals surface area contributed by atoms with Gasteiger partial charge >= 0.3 is 11.9 Å². The van der Waals surface area contributed by atoms with Gasteiger partial charge in [0.05, 0.1) is 19.6 Å².